The number of aliphatic hydroxyl groups is 1. The lowest BCUT2D eigenvalue weighted by atomic mass is 9.50. The summed E-state index contributed by atoms with van der Waals surface area (Å²) >= 11 is 0. The second-order valence-corrected chi connectivity index (χ2v) is 17.8. The van der Waals surface area contributed by atoms with Crippen molar-refractivity contribution >= 4 is 21.1 Å². The maximum absolute atomic E-state index is 13.0. The molecule has 0 saturated heterocycles. The Bertz CT molecular complexity index is 1390. The molecular weight excluding hydrogens is 662 g/mol. The molecule has 0 aliphatic heterocycles. The molecule has 5 rings (SSSR count). The van der Waals surface area contributed by atoms with Crippen LogP contribution in [0.1, 0.15) is 120 Å². The van der Waals surface area contributed by atoms with Crippen molar-refractivity contribution in [1.29, 1.82) is 0 Å². The van der Waals surface area contributed by atoms with Gasteiger partial charge in [-0.15, -0.1) is 0 Å². The molecule has 0 heterocycles. The van der Waals surface area contributed by atoms with E-state index in [1.807, 2.05) is 12.1 Å². The van der Waals surface area contributed by atoms with Crippen LogP contribution in [0.25, 0.3) is 0 Å². The molecular formula is C34H50F5NO5S2. The first kappa shape index (κ1) is 37.0. The van der Waals surface area contributed by atoms with Crippen molar-refractivity contribution in [2.24, 2.45) is 33.7 Å². The summed E-state index contributed by atoms with van der Waals surface area (Å²) in [5, 5.41) is 16.4. The Labute approximate surface area is 278 Å². The molecule has 47 heavy (non-hydrogen) atoms. The molecule has 13 heteroatoms. The summed E-state index contributed by atoms with van der Waals surface area (Å²) < 4.78 is 103. The number of benzene rings is 1. The first-order chi connectivity index (χ1) is 22.0. The number of aliphatic hydroxyl groups excluding tert-OH is 1. The standard InChI is InChI=1S/C34H50F5NO5S2/c1-31-15-13-27-26-12-11-25(45-47(40,43)44)21-24(26)20-23(30(27)28(31)22-29(41)32(31)16-17-32)10-7-5-3-2-4-6-8-18-46(42)19-9-14-33(35,36)34(37,38)39/h11-12,21,23,27-30,41H,2-10,13-20,22H2,1H3,(H2,40,43,44)/t23?,27?,28?,29-,30?,31+,46?/m1/s1. The zero-order chi connectivity index (χ0) is 34.3. The molecule has 0 aromatic heterocycles. The molecule has 1 aromatic carbocycles. The van der Waals surface area contributed by atoms with E-state index in [9.17, 15) is 39.7 Å². The van der Waals surface area contributed by atoms with E-state index < -0.39 is 46.0 Å². The van der Waals surface area contributed by atoms with Gasteiger partial charge in [0.2, 0.25) is 0 Å². The lowest BCUT2D eigenvalue weighted by molar-refractivity contribution is -0.284. The molecule has 5 unspecified atom stereocenters. The normalized spacial score (nSPS) is 30.4. The van der Waals surface area contributed by atoms with Gasteiger partial charge in [-0.3, -0.25) is 4.21 Å². The molecule has 3 saturated carbocycles. The van der Waals surface area contributed by atoms with Crippen LogP contribution in [0.4, 0.5) is 22.0 Å². The number of nitrogens with two attached hydrogens (primary N) is 1. The monoisotopic (exact) mass is 711 g/mol. The SMILES string of the molecule is C[C@]12CCC3c4ccc(OS(N)(=O)=O)cc4CC(CCCCCCCCCS(=O)CCCC(F)(F)C(F)(F)F)C3C1C[C@@H](O)C21CC1. The van der Waals surface area contributed by atoms with Gasteiger partial charge in [0.1, 0.15) is 5.75 Å². The van der Waals surface area contributed by atoms with E-state index in [1.165, 1.54) is 5.56 Å². The predicted octanol–water partition coefficient (Wildman–Crippen LogP) is 7.95. The van der Waals surface area contributed by atoms with E-state index in [4.69, 9.17) is 9.32 Å². The van der Waals surface area contributed by atoms with E-state index in [1.54, 1.807) is 6.07 Å². The third-order valence-electron chi connectivity index (χ3n) is 12.2. The van der Waals surface area contributed by atoms with Crippen molar-refractivity contribution in [2.75, 3.05) is 11.5 Å². The summed E-state index contributed by atoms with van der Waals surface area (Å²) in [7, 11) is -5.51. The Morgan fingerprint density at radius 2 is 1.62 bits per heavy atom. The van der Waals surface area contributed by atoms with Crippen molar-refractivity contribution in [3.05, 3.63) is 29.3 Å². The smallest absolute Gasteiger partial charge is 0.393 e. The highest BCUT2D eigenvalue weighted by Gasteiger charge is 2.71. The second kappa shape index (κ2) is 14.1. The third kappa shape index (κ3) is 8.03. The zero-order valence-corrected chi connectivity index (χ0v) is 28.8. The van der Waals surface area contributed by atoms with E-state index >= 15 is 0 Å². The molecule has 7 atom stereocenters. The van der Waals surface area contributed by atoms with Crippen molar-refractivity contribution in [1.82, 2.24) is 0 Å². The highest BCUT2D eigenvalue weighted by atomic mass is 32.2. The number of rotatable bonds is 16. The lowest BCUT2D eigenvalue weighted by Crippen LogP contribution is -2.46. The van der Waals surface area contributed by atoms with Gasteiger partial charge >= 0.3 is 22.4 Å². The third-order valence-corrected chi connectivity index (χ3v) is 14.2. The van der Waals surface area contributed by atoms with Crippen LogP contribution >= 0.6 is 0 Å². The van der Waals surface area contributed by atoms with E-state index in [0.29, 0.717) is 35.8 Å². The molecule has 3 fully saturated rings. The van der Waals surface area contributed by atoms with E-state index in [2.05, 4.69) is 6.92 Å². The number of hydrogen-bond acceptors (Lipinski definition) is 5. The summed E-state index contributed by atoms with van der Waals surface area (Å²) in [4.78, 5) is 0. The molecule has 0 bridgehead atoms. The van der Waals surface area contributed by atoms with Gasteiger partial charge in [-0.25, -0.2) is 0 Å². The van der Waals surface area contributed by atoms with Crippen LogP contribution in [0.2, 0.25) is 0 Å². The average molecular weight is 712 g/mol. The van der Waals surface area contributed by atoms with E-state index in [0.717, 1.165) is 89.0 Å². The van der Waals surface area contributed by atoms with Crippen LogP contribution in [-0.4, -0.2) is 47.4 Å². The first-order valence-corrected chi connectivity index (χ1v) is 20.3. The fourth-order valence-corrected chi connectivity index (χ4v) is 11.3. The molecule has 4 aliphatic carbocycles. The van der Waals surface area contributed by atoms with Crippen LogP contribution in [0.15, 0.2) is 18.2 Å². The lowest BCUT2D eigenvalue weighted by Gasteiger charge is -2.54. The van der Waals surface area contributed by atoms with Gasteiger partial charge in [0.25, 0.3) is 0 Å². The molecule has 4 aliphatic rings. The molecule has 1 spiro atoms. The van der Waals surface area contributed by atoms with Gasteiger partial charge in [-0.05, 0) is 110 Å². The molecule has 0 amide bonds. The van der Waals surface area contributed by atoms with Gasteiger partial charge < -0.3 is 9.29 Å². The van der Waals surface area contributed by atoms with Crippen molar-refractivity contribution in [2.45, 2.75) is 134 Å². The maximum Gasteiger partial charge on any atom is 0.453 e. The summed E-state index contributed by atoms with van der Waals surface area (Å²) in [5.41, 5.74) is 2.64. The summed E-state index contributed by atoms with van der Waals surface area (Å²) in [6, 6.07) is 5.57. The number of alkyl halides is 5. The summed E-state index contributed by atoms with van der Waals surface area (Å²) in [5.74, 6) is -2.57. The Morgan fingerprint density at radius 1 is 0.979 bits per heavy atom. The van der Waals surface area contributed by atoms with Gasteiger partial charge in [0.15, 0.2) is 0 Å². The minimum atomic E-state index is -5.56. The topological polar surface area (TPSA) is 107 Å². The average Bonchev–Trinajstić information content (AvgIpc) is 3.75. The number of unbranched alkanes of at least 4 members (excludes halogenated alkanes) is 6. The maximum atomic E-state index is 13.0. The Hall–Kier alpha value is -1.31. The quantitative estimate of drug-likeness (QED) is 0.134. The Kier molecular flexibility index (Phi) is 11.1. The van der Waals surface area contributed by atoms with Gasteiger partial charge in [0, 0.05) is 34.1 Å². The van der Waals surface area contributed by atoms with Gasteiger partial charge in [0.05, 0.1) is 6.10 Å². The van der Waals surface area contributed by atoms with Crippen LogP contribution in [0.3, 0.4) is 0 Å². The van der Waals surface area contributed by atoms with Crippen LogP contribution < -0.4 is 9.32 Å². The number of halogens is 5. The van der Waals surface area contributed by atoms with Crippen LogP contribution in [0, 0.1) is 28.6 Å². The van der Waals surface area contributed by atoms with E-state index in [-0.39, 0.29) is 28.4 Å². The summed E-state index contributed by atoms with van der Waals surface area (Å²) in [6.07, 6.45) is 6.31. The number of hydrogen-bond donors (Lipinski definition) is 2. The Morgan fingerprint density at radius 3 is 2.26 bits per heavy atom. The summed E-state index contributed by atoms with van der Waals surface area (Å²) in [6.45, 7) is 2.43. The second-order valence-electron chi connectivity index (χ2n) is 15.0. The fourth-order valence-electron chi connectivity index (χ4n) is 9.75. The van der Waals surface area contributed by atoms with Crippen molar-refractivity contribution in [3.63, 3.8) is 0 Å². The van der Waals surface area contributed by atoms with Crippen LogP contribution in [0.5, 0.6) is 5.75 Å². The minimum Gasteiger partial charge on any atom is -0.393 e. The largest absolute Gasteiger partial charge is 0.453 e. The molecule has 3 N–H and O–H groups in total. The van der Waals surface area contributed by atoms with Gasteiger partial charge in [-0.1, -0.05) is 51.5 Å². The molecule has 0 radical (unpaired) electrons. The van der Waals surface area contributed by atoms with Gasteiger partial charge in [-0.2, -0.15) is 35.5 Å². The minimum absolute atomic E-state index is 0.0784. The fraction of sp³-hybridized carbons (Fsp3) is 0.824. The number of fused-ring (bicyclic) bond motifs is 6. The molecule has 268 valence electrons. The van der Waals surface area contributed by atoms with Crippen molar-refractivity contribution in [3.8, 4) is 5.75 Å². The highest BCUT2D eigenvalue weighted by molar-refractivity contribution is 7.85. The Balaban J connectivity index is 1.09. The van der Waals surface area contributed by atoms with Crippen molar-refractivity contribution < 1.29 is 43.9 Å². The highest BCUT2D eigenvalue weighted by Crippen LogP contribution is 2.76. The molecule has 6 nitrogen and oxygen atoms in total. The van der Waals surface area contributed by atoms with Crippen LogP contribution in [-0.2, 0) is 27.5 Å². The zero-order valence-electron chi connectivity index (χ0n) is 27.2. The first-order valence-electron chi connectivity index (χ1n) is 17.3. The molecule has 1 aromatic rings. The predicted molar refractivity (Wildman–Crippen MR) is 172 cm³/mol.